The van der Waals surface area contributed by atoms with Crippen molar-refractivity contribution in [3.8, 4) is 17.2 Å². The lowest BCUT2D eigenvalue weighted by Crippen LogP contribution is -2.23. The largest absolute Gasteiger partial charge is 0.457 e. The maximum absolute atomic E-state index is 13.0. The molecule has 0 atom stereocenters. The van der Waals surface area contributed by atoms with E-state index in [2.05, 4.69) is 15.9 Å². The summed E-state index contributed by atoms with van der Waals surface area (Å²) in [5.74, 6) is 1.04. The van der Waals surface area contributed by atoms with Gasteiger partial charge in [-0.05, 0) is 52.7 Å². The number of rotatable bonds is 2. The zero-order chi connectivity index (χ0) is 17.4. The summed E-state index contributed by atoms with van der Waals surface area (Å²) in [4.78, 5) is 13.0. The van der Waals surface area contributed by atoms with Gasteiger partial charge in [0.25, 0.3) is 0 Å². The molecule has 3 aromatic rings. The van der Waals surface area contributed by atoms with Crippen molar-refractivity contribution >= 4 is 21.9 Å². The van der Waals surface area contributed by atoms with E-state index in [1.54, 1.807) is 6.07 Å². The quantitative estimate of drug-likeness (QED) is 0.419. The fraction of sp³-hybridized carbons (Fsp3) is 0.0952. The molecule has 124 valence electrons. The number of ether oxygens (including phenoxy) is 2. The van der Waals surface area contributed by atoms with Crippen LogP contribution in [0.1, 0.15) is 22.6 Å². The van der Waals surface area contributed by atoms with Crippen molar-refractivity contribution in [2.24, 2.45) is 0 Å². The van der Waals surface area contributed by atoms with Gasteiger partial charge in [0.1, 0.15) is 23.2 Å². The van der Waals surface area contributed by atoms with Gasteiger partial charge in [-0.2, -0.15) is 0 Å². The highest BCUT2D eigenvalue weighted by Crippen LogP contribution is 2.44. The Morgan fingerprint density at radius 1 is 0.960 bits per heavy atom. The molecule has 1 aliphatic heterocycles. The van der Waals surface area contributed by atoms with Gasteiger partial charge in [-0.25, -0.2) is 0 Å². The average Bonchev–Trinajstić information content (AvgIpc) is 2.62. The number of hydrogen-bond donors (Lipinski definition) is 0. The van der Waals surface area contributed by atoms with Crippen molar-refractivity contribution in [1.82, 2.24) is 0 Å². The summed E-state index contributed by atoms with van der Waals surface area (Å²) in [5, 5.41) is 0. The number of carbonyl (C=O) groups is 1. The fourth-order valence-corrected chi connectivity index (χ4v) is 3.59. The predicted octanol–water partition coefficient (Wildman–Crippen LogP) is 5.60. The van der Waals surface area contributed by atoms with E-state index in [-0.39, 0.29) is 5.97 Å². The van der Waals surface area contributed by atoms with Gasteiger partial charge < -0.3 is 9.47 Å². The summed E-state index contributed by atoms with van der Waals surface area (Å²) in [6.45, 7) is 1.99. The van der Waals surface area contributed by atoms with E-state index in [1.165, 1.54) is 0 Å². The number of fused-ring (bicyclic) bond motifs is 2. The molecule has 0 aromatic heterocycles. The van der Waals surface area contributed by atoms with Crippen molar-refractivity contribution < 1.29 is 14.3 Å². The minimum Gasteiger partial charge on any atom is -0.457 e. The van der Waals surface area contributed by atoms with Gasteiger partial charge in [0.2, 0.25) is 0 Å². The van der Waals surface area contributed by atoms with Gasteiger partial charge in [-0.1, -0.05) is 42.5 Å². The van der Waals surface area contributed by atoms with Crippen LogP contribution in [0.4, 0.5) is 0 Å². The number of halogens is 1. The SMILES string of the molecule is Cc1ccc(OC(=O)C2c3ccccc3Oc3ccccc32)c(Br)c1. The average molecular weight is 395 g/mol. The van der Waals surface area contributed by atoms with E-state index in [9.17, 15) is 4.79 Å². The van der Waals surface area contributed by atoms with Crippen LogP contribution in [0, 0.1) is 6.92 Å². The molecule has 0 aliphatic carbocycles. The molecular weight excluding hydrogens is 380 g/mol. The Balaban J connectivity index is 1.75. The Morgan fingerprint density at radius 2 is 1.56 bits per heavy atom. The van der Waals surface area contributed by atoms with Crippen LogP contribution in [0.15, 0.2) is 71.2 Å². The zero-order valence-corrected chi connectivity index (χ0v) is 15.1. The summed E-state index contributed by atoms with van der Waals surface area (Å²) in [5.41, 5.74) is 2.72. The van der Waals surface area contributed by atoms with Crippen LogP contribution < -0.4 is 9.47 Å². The Kier molecular flexibility index (Phi) is 4.06. The molecule has 1 heterocycles. The van der Waals surface area contributed by atoms with Gasteiger partial charge in [0.05, 0.1) is 4.47 Å². The van der Waals surface area contributed by atoms with Crippen molar-refractivity contribution in [3.05, 3.63) is 87.9 Å². The third kappa shape index (κ3) is 2.94. The van der Waals surface area contributed by atoms with E-state index < -0.39 is 5.92 Å². The second kappa shape index (κ2) is 6.37. The topological polar surface area (TPSA) is 35.5 Å². The minimum absolute atomic E-state index is 0.326. The molecule has 3 nitrogen and oxygen atoms in total. The predicted molar refractivity (Wildman–Crippen MR) is 99.3 cm³/mol. The summed E-state index contributed by atoms with van der Waals surface area (Å²) < 4.78 is 12.4. The van der Waals surface area contributed by atoms with Crippen LogP contribution in [0.2, 0.25) is 0 Å². The molecule has 25 heavy (non-hydrogen) atoms. The Labute approximate surface area is 154 Å². The van der Waals surface area contributed by atoms with Crippen LogP contribution in [-0.4, -0.2) is 5.97 Å². The summed E-state index contributed by atoms with van der Waals surface area (Å²) >= 11 is 3.46. The van der Waals surface area contributed by atoms with Crippen LogP contribution in [0.5, 0.6) is 17.2 Å². The van der Waals surface area contributed by atoms with Crippen LogP contribution in [0.3, 0.4) is 0 Å². The zero-order valence-electron chi connectivity index (χ0n) is 13.5. The van der Waals surface area contributed by atoms with Gasteiger partial charge in [-0.15, -0.1) is 0 Å². The van der Waals surface area contributed by atoms with E-state index in [1.807, 2.05) is 67.6 Å². The van der Waals surface area contributed by atoms with Crippen molar-refractivity contribution in [2.75, 3.05) is 0 Å². The van der Waals surface area contributed by atoms with E-state index in [4.69, 9.17) is 9.47 Å². The molecule has 3 aromatic carbocycles. The Hall–Kier alpha value is -2.59. The molecule has 0 spiro atoms. The molecule has 0 unspecified atom stereocenters. The van der Waals surface area contributed by atoms with Gasteiger partial charge in [0.15, 0.2) is 0 Å². The first-order valence-electron chi connectivity index (χ1n) is 7.97. The second-order valence-corrected chi connectivity index (χ2v) is 6.82. The van der Waals surface area contributed by atoms with Gasteiger partial charge >= 0.3 is 5.97 Å². The Bertz CT molecular complexity index is 919. The highest BCUT2D eigenvalue weighted by molar-refractivity contribution is 9.10. The lowest BCUT2D eigenvalue weighted by atomic mass is 9.88. The molecule has 1 aliphatic rings. The van der Waals surface area contributed by atoms with Crippen LogP contribution in [0.25, 0.3) is 0 Å². The number of para-hydroxylation sites is 2. The summed E-state index contributed by atoms with van der Waals surface area (Å²) in [6.07, 6.45) is 0. The third-order valence-electron chi connectivity index (χ3n) is 4.21. The standard InChI is InChI=1S/C21H15BrO3/c1-13-10-11-19(16(22)12-13)25-21(23)20-14-6-2-4-8-17(14)24-18-9-5-3-7-15(18)20/h2-12,20H,1H3. The van der Waals surface area contributed by atoms with Crippen LogP contribution in [-0.2, 0) is 4.79 Å². The molecule has 0 fully saturated rings. The van der Waals surface area contributed by atoms with Crippen molar-refractivity contribution in [1.29, 1.82) is 0 Å². The fourth-order valence-electron chi connectivity index (χ4n) is 3.02. The summed E-state index contributed by atoms with van der Waals surface area (Å²) in [7, 11) is 0. The molecule has 0 N–H and O–H groups in total. The normalized spacial score (nSPS) is 12.7. The highest BCUT2D eigenvalue weighted by Gasteiger charge is 2.34. The van der Waals surface area contributed by atoms with E-state index >= 15 is 0 Å². The number of benzene rings is 3. The number of aryl methyl sites for hydroxylation is 1. The number of carbonyl (C=O) groups excluding carboxylic acids is 1. The van der Waals surface area contributed by atoms with Crippen molar-refractivity contribution in [2.45, 2.75) is 12.8 Å². The maximum atomic E-state index is 13.0. The van der Waals surface area contributed by atoms with E-state index in [0.717, 1.165) is 21.2 Å². The molecule has 0 saturated carbocycles. The maximum Gasteiger partial charge on any atom is 0.323 e. The second-order valence-electron chi connectivity index (χ2n) is 5.97. The van der Waals surface area contributed by atoms with Gasteiger partial charge in [0, 0.05) is 11.1 Å². The molecule has 4 rings (SSSR count). The first-order valence-corrected chi connectivity index (χ1v) is 8.76. The Morgan fingerprint density at radius 3 is 2.16 bits per heavy atom. The smallest absolute Gasteiger partial charge is 0.323 e. The molecule has 0 amide bonds. The molecule has 0 bridgehead atoms. The van der Waals surface area contributed by atoms with Gasteiger partial charge in [-0.3, -0.25) is 4.79 Å². The lowest BCUT2D eigenvalue weighted by molar-refractivity contribution is -0.135. The van der Waals surface area contributed by atoms with Crippen LogP contribution >= 0.6 is 15.9 Å². The number of esters is 1. The third-order valence-corrected chi connectivity index (χ3v) is 4.83. The monoisotopic (exact) mass is 394 g/mol. The first-order chi connectivity index (χ1) is 12.1. The molecular formula is C21H15BrO3. The molecule has 0 radical (unpaired) electrons. The lowest BCUT2D eigenvalue weighted by Gasteiger charge is -2.26. The highest BCUT2D eigenvalue weighted by atomic mass is 79.9. The molecule has 0 saturated heterocycles. The summed E-state index contributed by atoms with van der Waals surface area (Å²) in [6, 6.07) is 20.8. The van der Waals surface area contributed by atoms with E-state index in [0.29, 0.717) is 17.2 Å². The first kappa shape index (κ1) is 15.9. The number of hydrogen-bond acceptors (Lipinski definition) is 3. The minimum atomic E-state index is -0.519. The molecule has 4 heteroatoms. The van der Waals surface area contributed by atoms with Crippen molar-refractivity contribution in [3.63, 3.8) is 0 Å².